The standard InChI is InChI=1S/C30H36N7O8P/c1-5-6-14-42-27(39)18(2)36-46(40,45-21-13-9-11-19-10-7-8-12-20(19)21)43-15-22-24(38)30(3,16-31)28(44-22)37-17-33-23-25(37)34-29(32)35-26(23)41-4/h7-13,17-18,22,24,28,38H,5-6,14-15H2,1-4H3,(H,36,40)(H2,32,34,35)/t18-,22+,24+,28+,30+,46?/m0/s1. The van der Waals surface area contributed by atoms with Gasteiger partial charge in [0.1, 0.15) is 29.4 Å². The Morgan fingerprint density at radius 3 is 2.78 bits per heavy atom. The van der Waals surface area contributed by atoms with Crippen LogP contribution in [0.3, 0.4) is 0 Å². The molecule has 0 bridgehead atoms. The molecular weight excluding hydrogens is 617 g/mol. The monoisotopic (exact) mass is 653 g/mol. The second-order valence-corrected chi connectivity index (χ2v) is 12.7. The number of rotatable bonds is 13. The normalized spacial score (nSPS) is 23.1. The van der Waals surface area contributed by atoms with Gasteiger partial charge >= 0.3 is 13.7 Å². The zero-order chi connectivity index (χ0) is 33.1. The third-order valence-corrected chi connectivity index (χ3v) is 9.33. The lowest BCUT2D eigenvalue weighted by atomic mass is 9.84. The molecule has 1 fully saturated rings. The lowest BCUT2D eigenvalue weighted by Gasteiger charge is -2.26. The van der Waals surface area contributed by atoms with Crippen molar-refractivity contribution in [1.82, 2.24) is 24.6 Å². The van der Waals surface area contributed by atoms with Crippen LogP contribution < -0.4 is 20.1 Å². The molecule has 1 saturated heterocycles. The number of ether oxygens (including phenoxy) is 3. The minimum Gasteiger partial charge on any atom is -0.479 e. The van der Waals surface area contributed by atoms with Crippen LogP contribution in [0.5, 0.6) is 11.6 Å². The van der Waals surface area contributed by atoms with Gasteiger partial charge in [0.2, 0.25) is 11.8 Å². The Bertz CT molecular complexity index is 1810. The average Bonchev–Trinajstić information content (AvgIpc) is 3.57. The Hall–Kier alpha value is -4.32. The van der Waals surface area contributed by atoms with E-state index in [0.717, 1.165) is 11.8 Å². The maximum atomic E-state index is 14.3. The molecule has 6 atom stereocenters. The van der Waals surface area contributed by atoms with Crippen molar-refractivity contribution in [3.05, 3.63) is 48.8 Å². The second kappa shape index (κ2) is 13.6. The summed E-state index contributed by atoms with van der Waals surface area (Å²) in [6.07, 6.45) is -0.847. The van der Waals surface area contributed by atoms with Gasteiger partial charge in [0.25, 0.3) is 0 Å². The number of anilines is 1. The molecule has 0 spiro atoms. The van der Waals surface area contributed by atoms with E-state index in [1.807, 2.05) is 31.2 Å². The van der Waals surface area contributed by atoms with Crippen LogP contribution in [0.15, 0.2) is 48.8 Å². The first-order valence-corrected chi connectivity index (χ1v) is 16.2. The van der Waals surface area contributed by atoms with Crippen molar-refractivity contribution >= 4 is 41.6 Å². The number of imidazole rings is 1. The molecule has 0 aliphatic carbocycles. The van der Waals surface area contributed by atoms with Gasteiger partial charge in [0.15, 0.2) is 17.4 Å². The predicted octanol–water partition coefficient (Wildman–Crippen LogP) is 3.88. The van der Waals surface area contributed by atoms with Crippen LogP contribution in [0.25, 0.3) is 21.9 Å². The highest BCUT2D eigenvalue weighted by Crippen LogP contribution is 2.50. The maximum Gasteiger partial charge on any atom is 0.459 e. The fourth-order valence-corrected chi connectivity index (χ4v) is 6.66. The molecule has 0 radical (unpaired) electrons. The van der Waals surface area contributed by atoms with Gasteiger partial charge in [0.05, 0.1) is 32.7 Å². The number of aliphatic hydroxyl groups excluding tert-OH is 1. The number of nitrogens with zero attached hydrogens (tertiary/aromatic N) is 5. The quantitative estimate of drug-likeness (QED) is 0.106. The summed E-state index contributed by atoms with van der Waals surface area (Å²) in [7, 11) is -2.95. The number of unbranched alkanes of at least 4 members (excludes halogenated alkanes) is 1. The average molecular weight is 654 g/mol. The third kappa shape index (κ3) is 6.48. The summed E-state index contributed by atoms with van der Waals surface area (Å²) in [4.78, 5) is 25.2. The van der Waals surface area contributed by atoms with Gasteiger partial charge in [-0.3, -0.25) is 13.9 Å². The summed E-state index contributed by atoms with van der Waals surface area (Å²) in [5.74, 6) is -0.373. The number of fused-ring (bicyclic) bond motifs is 2. The number of hydrogen-bond acceptors (Lipinski definition) is 13. The van der Waals surface area contributed by atoms with E-state index in [0.29, 0.717) is 11.8 Å². The van der Waals surface area contributed by atoms with Crippen molar-refractivity contribution in [3.63, 3.8) is 0 Å². The number of methoxy groups -OCH3 is 1. The number of aliphatic hydroxyl groups is 1. The number of nitriles is 1. The molecule has 16 heteroatoms. The molecular formula is C30H36N7O8P. The highest BCUT2D eigenvalue weighted by atomic mass is 31.2. The van der Waals surface area contributed by atoms with Crippen LogP contribution in [-0.2, 0) is 23.4 Å². The fourth-order valence-electron chi connectivity index (χ4n) is 5.14. The summed E-state index contributed by atoms with van der Waals surface area (Å²) in [5, 5.41) is 25.7. The van der Waals surface area contributed by atoms with Gasteiger partial charge in [-0.1, -0.05) is 49.7 Å². The number of benzene rings is 2. The highest BCUT2D eigenvalue weighted by Gasteiger charge is 2.56. The van der Waals surface area contributed by atoms with E-state index in [4.69, 9.17) is 29.0 Å². The molecule has 2 aromatic carbocycles. The number of nitrogens with two attached hydrogens (primary N) is 1. The number of carbonyl (C=O) groups is 1. The van der Waals surface area contributed by atoms with Crippen LogP contribution in [0.2, 0.25) is 0 Å². The number of nitrogen functional groups attached to an aromatic ring is 1. The molecule has 2 aromatic heterocycles. The molecule has 3 heterocycles. The molecule has 46 heavy (non-hydrogen) atoms. The summed E-state index contributed by atoms with van der Waals surface area (Å²) in [6, 6.07) is 13.6. The molecule has 0 saturated carbocycles. The Balaban J connectivity index is 1.42. The van der Waals surface area contributed by atoms with Gasteiger partial charge in [-0.05, 0) is 31.7 Å². The number of esters is 1. The first-order valence-electron chi connectivity index (χ1n) is 14.7. The molecule has 244 valence electrons. The summed E-state index contributed by atoms with van der Waals surface area (Å²) in [6.45, 7) is 4.67. The summed E-state index contributed by atoms with van der Waals surface area (Å²) >= 11 is 0. The minimum absolute atomic E-state index is 0.0943. The topological polar surface area (TPSA) is 206 Å². The van der Waals surface area contributed by atoms with Crippen LogP contribution in [0, 0.1) is 16.7 Å². The number of carbonyl (C=O) groups excluding carboxylic acids is 1. The summed E-state index contributed by atoms with van der Waals surface area (Å²) < 4.78 is 44.3. The van der Waals surface area contributed by atoms with E-state index in [2.05, 4.69) is 26.1 Å². The first-order chi connectivity index (χ1) is 22.0. The van der Waals surface area contributed by atoms with Crippen molar-refractivity contribution in [2.24, 2.45) is 5.41 Å². The van der Waals surface area contributed by atoms with Gasteiger partial charge in [0, 0.05) is 5.39 Å². The van der Waals surface area contributed by atoms with Crippen molar-refractivity contribution in [2.75, 3.05) is 26.1 Å². The van der Waals surface area contributed by atoms with Crippen molar-refractivity contribution in [1.29, 1.82) is 5.26 Å². The van der Waals surface area contributed by atoms with Crippen LogP contribution in [-0.4, -0.2) is 69.2 Å². The van der Waals surface area contributed by atoms with E-state index in [1.165, 1.54) is 31.9 Å². The first kappa shape index (κ1) is 33.1. The zero-order valence-corrected chi connectivity index (χ0v) is 26.7. The van der Waals surface area contributed by atoms with Crippen molar-refractivity contribution in [2.45, 2.75) is 58.1 Å². The van der Waals surface area contributed by atoms with Gasteiger partial charge in [-0.2, -0.15) is 20.3 Å². The highest BCUT2D eigenvalue weighted by molar-refractivity contribution is 7.52. The fraction of sp³-hybridized carbons (Fsp3) is 0.433. The van der Waals surface area contributed by atoms with Crippen LogP contribution >= 0.6 is 7.75 Å². The smallest absolute Gasteiger partial charge is 0.459 e. The van der Waals surface area contributed by atoms with Crippen molar-refractivity contribution in [3.8, 4) is 17.7 Å². The molecule has 4 aromatic rings. The largest absolute Gasteiger partial charge is 0.479 e. The number of nitrogens with one attached hydrogen (secondary N) is 1. The molecule has 15 nitrogen and oxygen atoms in total. The SMILES string of the molecule is CCCCOC(=O)[C@H](C)NP(=O)(OC[C@H]1O[C@@H](n2cnc3c(OC)nc(N)nc32)[C@](C)(C#N)[C@@H]1O)Oc1cccc2ccccc12. The lowest BCUT2D eigenvalue weighted by molar-refractivity contribution is -0.145. The Morgan fingerprint density at radius 1 is 1.28 bits per heavy atom. The second-order valence-electron chi connectivity index (χ2n) is 11.0. The molecule has 5 rings (SSSR count). The van der Waals surface area contributed by atoms with Crippen LogP contribution in [0.4, 0.5) is 5.95 Å². The molecule has 4 N–H and O–H groups in total. The van der Waals surface area contributed by atoms with E-state index in [1.54, 1.807) is 18.2 Å². The molecule has 1 unspecified atom stereocenters. The van der Waals surface area contributed by atoms with Crippen molar-refractivity contribution < 1.29 is 37.7 Å². The Labute approximate surface area is 265 Å². The number of aromatic nitrogens is 4. The third-order valence-electron chi connectivity index (χ3n) is 7.70. The minimum atomic E-state index is -4.36. The predicted molar refractivity (Wildman–Crippen MR) is 167 cm³/mol. The Kier molecular flexibility index (Phi) is 9.76. The zero-order valence-electron chi connectivity index (χ0n) is 25.8. The van der Waals surface area contributed by atoms with E-state index < -0.39 is 50.2 Å². The van der Waals surface area contributed by atoms with Crippen LogP contribution in [0.1, 0.15) is 39.8 Å². The molecule has 0 amide bonds. The van der Waals surface area contributed by atoms with E-state index in [9.17, 15) is 19.7 Å². The van der Waals surface area contributed by atoms with E-state index in [-0.39, 0.29) is 35.3 Å². The Morgan fingerprint density at radius 2 is 2.04 bits per heavy atom. The molecule has 1 aliphatic rings. The molecule has 1 aliphatic heterocycles. The van der Waals surface area contributed by atoms with E-state index >= 15 is 0 Å². The maximum absolute atomic E-state index is 14.3. The van der Waals surface area contributed by atoms with Gasteiger partial charge in [-0.25, -0.2) is 9.55 Å². The number of hydrogen-bond donors (Lipinski definition) is 3. The summed E-state index contributed by atoms with van der Waals surface area (Å²) in [5.41, 5.74) is 4.81. The van der Waals surface area contributed by atoms with Gasteiger partial charge < -0.3 is 29.6 Å². The lowest BCUT2D eigenvalue weighted by Crippen LogP contribution is -2.39. The van der Waals surface area contributed by atoms with Gasteiger partial charge in [-0.15, -0.1) is 0 Å².